The lowest BCUT2D eigenvalue weighted by atomic mass is 9.99. The second-order valence-corrected chi connectivity index (χ2v) is 34.0. The Labute approximate surface area is 626 Å². The molecule has 0 radical (unpaired) electrons. The Balaban J connectivity index is 5.23. The summed E-state index contributed by atoms with van der Waals surface area (Å²) in [5.74, 6) is 0.297. The van der Waals surface area contributed by atoms with E-state index in [1.807, 2.05) is 0 Å². The molecule has 0 aliphatic carbocycles. The smallest absolute Gasteiger partial charge is 0.462 e. The monoisotopic (exact) mass is 1490 g/mol. The highest BCUT2D eigenvalue weighted by molar-refractivity contribution is 7.47. The second kappa shape index (κ2) is 73.2. The summed E-state index contributed by atoms with van der Waals surface area (Å²) < 4.78 is 68.8. The maximum Gasteiger partial charge on any atom is 0.472 e. The molecule has 0 saturated carbocycles. The van der Waals surface area contributed by atoms with Crippen LogP contribution in [-0.2, 0) is 65.4 Å². The maximum atomic E-state index is 13.1. The van der Waals surface area contributed by atoms with Crippen molar-refractivity contribution in [3.8, 4) is 0 Å². The minimum absolute atomic E-state index is 0.106. The number of phosphoric acid groups is 2. The van der Waals surface area contributed by atoms with Gasteiger partial charge in [0.15, 0.2) is 12.2 Å². The van der Waals surface area contributed by atoms with Gasteiger partial charge >= 0.3 is 39.5 Å². The van der Waals surface area contributed by atoms with Gasteiger partial charge in [0, 0.05) is 25.7 Å². The van der Waals surface area contributed by atoms with Gasteiger partial charge in [0.05, 0.1) is 26.4 Å². The van der Waals surface area contributed by atoms with Gasteiger partial charge in [-0.05, 0) is 43.4 Å². The number of aliphatic hydroxyl groups is 1. The van der Waals surface area contributed by atoms with Crippen molar-refractivity contribution in [1.29, 1.82) is 0 Å². The fourth-order valence-electron chi connectivity index (χ4n) is 12.8. The van der Waals surface area contributed by atoms with Crippen LogP contribution in [0, 0.1) is 17.8 Å². The van der Waals surface area contributed by atoms with Crippen molar-refractivity contribution in [2.45, 2.75) is 452 Å². The van der Waals surface area contributed by atoms with Crippen LogP contribution >= 0.6 is 15.6 Å². The van der Waals surface area contributed by atoms with E-state index in [-0.39, 0.29) is 25.7 Å². The van der Waals surface area contributed by atoms with E-state index in [0.29, 0.717) is 25.7 Å². The van der Waals surface area contributed by atoms with Gasteiger partial charge in [-0.1, -0.05) is 382 Å². The van der Waals surface area contributed by atoms with Gasteiger partial charge in [0.2, 0.25) is 0 Å². The van der Waals surface area contributed by atoms with Crippen LogP contribution in [0.2, 0.25) is 0 Å². The number of esters is 4. The van der Waals surface area contributed by atoms with Crippen LogP contribution in [0.1, 0.15) is 434 Å². The number of hydrogen-bond acceptors (Lipinski definition) is 15. The Hall–Kier alpha value is -1.94. The number of hydrogen-bond donors (Lipinski definition) is 3. The molecule has 0 fully saturated rings. The minimum Gasteiger partial charge on any atom is -0.462 e. The first-order valence-corrected chi connectivity index (χ1v) is 45.9. The van der Waals surface area contributed by atoms with Gasteiger partial charge in [-0.25, -0.2) is 9.13 Å². The predicted molar refractivity (Wildman–Crippen MR) is 418 cm³/mol. The standard InChI is InChI=1S/C83H162O17P2/c1-8-10-11-12-13-14-15-28-36-43-50-57-64-80(85)93-71-79(100-83(88)67-60-53-46-39-32-31-34-41-48-55-62-75(5)6)73-98-102(91,92)96-69-77(84)68-95-101(89,90)97-72-78(70-94-81(86)65-58-51-44-37-29-25-24-26-33-40-47-54-61-74(3)4)99-82(87)66-59-52-45-38-30-23-21-19-17-16-18-20-22-27-35-42-49-56-63-76(7)9-2/h74-79,84H,8-73H2,1-7H3,(H,89,90)(H,91,92)/t76?,77-,78-,79-/m1/s1. The molecule has 606 valence electrons. The zero-order valence-corrected chi connectivity index (χ0v) is 68.9. The van der Waals surface area contributed by atoms with Gasteiger partial charge in [0.1, 0.15) is 19.3 Å². The molecule has 0 aliphatic rings. The third-order valence-electron chi connectivity index (χ3n) is 19.7. The maximum absolute atomic E-state index is 13.1. The molecular formula is C83H162O17P2. The van der Waals surface area contributed by atoms with E-state index in [1.54, 1.807) is 0 Å². The molecule has 3 N–H and O–H groups in total. The molecule has 0 aromatic rings. The van der Waals surface area contributed by atoms with E-state index in [2.05, 4.69) is 48.5 Å². The summed E-state index contributed by atoms with van der Waals surface area (Å²) in [5, 5.41) is 10.7. The van der Waals surface area contributed by atoms with Crippen LogP contribution < -0.4 is 0 Å². The average molecular weight is 1490 g/mol. The fourth-order valence-corrected chi connectivity index (χ4v) is 14.4. The predicted octanol–water partition coefficient (Wildman–Crippen LogP) is 24.9. The lowest BCUT2D eigenvalue weighted by Gasteiger charge is -2.21. The third kappa shape index (κ3) is 74.9. The zero-order chi connectivity index (χ0) is 75.1. The van der Waals surface area contributed by atoms with Gasteiger partial charge in [0.25, 0.3) is 0 Å². The highest BCUT2D eigenvalue weighted by Gasteiger charge is 2.30. The number of carbonyl (C=O) groups is 4. The van der Waals surface area contributed by atoms with Crippen LogP contribution in [0.25, 0.3) is 0 Å². The molecule has 0 aliphatic heterocycles. The van der Waals surface area contributed by atoms with Gasteiger partial charge < -0.3 is 33.8 Å². The van der Waals surface area contributed by atoms with Crippen molar-refractivity contribution in [3.05, 3.63) is 0 Å². The first kappa shape index (κ1) is 100. The Kier molecular flexibility index (Phi) is 71.8. The molecule has 0 heterocycles. The fraction of sp³-hybridized carbons (Fsp3) is 0.952. The van der Waals surface area contributed by atoms with Crippen molar-refractivity contribution < 1.29 is 80.2 Å². The van der Waals surface area contributed by atoms with Crippen molar-refractivity contribution >= 4 is 39.5 Å². The Morgan fingerprint density at radius 1 is 0.284 bits per heavy atom. The van der Waals surface area contributed by atoms with Crippen LogP contribution in [0.15, 0.2) is 0 Å². The molecule has 0 aromatic heterocycles. The van der Waals surface area contributed by atoms with E-state index in [1.165, 1.54) is 244 Å². The van der Waals surface area contributed by atoms with E-state index < -0.39 is 97.5 Å². The molecule has 102 heavy (non-hydrogen) atoms. The van der Waals surface area contributed by atoms with Crippen LogP contribution in [-0.4, -0.2) is 96.7 Å². The van der Waals surface area contributed by atoms with Gasteiger partial charge in [-0.2, -0.15) is 0 Å². The molecule has 0 rings (SSSR count). The van der Waals surface area contributed by atoms with Crippen molar-refractivity contribution in [2.24, 2.45) is 17.8 Å². The van der Waals surface area contributed by atoms with E-state index in [4.69, 9.17) is 37.0 Å². The molecule has 17 nitrogen and oxygen atoms in total. The summed E-state index contributed by atoms with van der Waals surface area (Å²) in [4.78, 5) is 73.1. The molecular weight excluding hydrogens is 1330 g/mol. The van der Waals surface area contributed by atoms with E-state index in [0.717, 1.165) is 108 Å². The summed E-state index contributed by atoms with van der Waals surface area (Å²) in [5.41, 5.74) is 0. The zero-order valence-electron chi connectivity index (χ0n) is 67.1. The Morgan fingerprint density at radius 3 is 0.745 bits per heavy atom. The molecule has 0 aromatic carbocycles. The number of rotatable bonds is 81. The lowest BCUT2D eigenvalue weighted by molar-refractivity contribution is -0.161. The summed E-state index contributed by atoms with van der Waals surface area (Å²) in [6, 6.07) is 0. The highest BCUT2D eigenvalue weighted by atomic mass is 31.2. The summed E-state index contributed by atoms with van der Waals surface area (Å²) >= 11 is 0. The first-order chi connectivity index (χ1) is 49.3. The molecule has 6 atom stereocenters. The van der Waals surface area contributed by atoms with Crippen LogP contribution in [0.5, 0.6) is 0 Å². The van der Waals surface area contributed by atoms with Gasteiger partial charge in [-0.3, -0.25) is 37.3 Å². The largest absolute Gasteiger partial charge is 0.472 e. The number of phosphoric ester groups is 2. The first-order valence-electron chi connectivity index (χ1n) is 42.9. The molecule has 0 bridgehead atoms. The van der Waals surface area contributed by atoms with Crippen molar-refractivity contribution in [3.63, 3.8) is 0 Å². The summed E-state index contributed by atoms with van der Waals surface area (Å²) in [7, 11) is -9.92. The SMILES string of the molecule is CCCCCCCCCCCCCCC(=O)OC[C@H](COP(=O)(O)OC[C@H](O)COP(=O)(O)OC[C@@H](COC(=O)CCCCCCCCCCCCCCC(C)C)OC(=O)CCCCCCCCCCCCCCCCCCCCC(C)CC)OC(=O)CCCCCCCCCCCCC(C)C. The molecule has 0 amide bonds. The van der Waals surface area contributed by atoms with Crippen LogP contribution in [0.4, 0.5) is 0 Å². The third-order valence-corrected chi connectivity index (χ3v) is 21.6. The number of unbranched alkanes of at least 4 members (excludes halogenated alkanes) is 48. The van der Waals surface area contributed by atoms with E-state index >= 15 is 0 Å². The van der Waals surface area contributed by atoms with Crippen molar-refractivity contribution in [2.75, 3.05) is 39.6 Å². The quantitative estimate of drug-likeness (QED) is 0.0222. The second-order valence-electron chi connectivity index (χ2n) is 31.1. The average Bonchev–Trinajstić information content (AvgIpc) is 0.919. The Morgan fingerprint density at radius 2 is 0.500 bits per heavy atom. The number of carbonyl (C=O) groups excluding carboxylic acids is 4. The summed E-state index contributed by atoms with van der Waals surface area (Å²) in [6.45, 7) is 12.0. The topological polar surface area (TPSA) is 237 Å². The normalized spacial score (nSPS) is 14.2. The molecule has 0 spiro atoms. The highest BCUT2D eigenvalue weighted by Crippen LogP contribution is 2.45. The Bertz CT molecular complexity index is 1980. The van der Waals surface area contributed by atoms with Crippen molar-refractivity contribution in [1.82, 2.24) is 0 Å². The number of ether oxygens (including phenoxy) is 4. The minimum atomic E-state index is -4.96. The lowest BCUT2D eigenvalue weighted by Crippen LogP contribution is -2.30. The van der Waals surface area contributed by atoms with E-state index in [9.17, 15) is 43.2 Å². The summed E-state index contributed by atoms with van der Waals surface area (Å²) in [6.07, 6.45) is 62.3. The molecule has 0 saturated heterocycles. The molecule has 3 unspecified atom stereocenters. The molecule has 19 heteroatoms. The number of aliphatic hydroxyl groups excluding tert-OH is 1. The van der Waals surface area contributed by atoms with Gasteiger partial charge in [-0.15, -0.1) is 0 Å². The van der Waals surface area contributed by atoms with Crippen LogP contribution in [0.3, 0.4) is 0 Å².